The van der Waals surface area contributed by atoms with Crippen LogP contribution >= 0.6 is 38.9 Å². The fourth-order valence-electron chi connectivity index (χ4n) is 2.52. The van der Waals surface area contributed by atoms with Crippen molar-refractivity contribution in [2.45, 2.75) is 19.6 Å². The summed E-state index contributed by atoms with van der Waals surface area (Å²) in [6, 6.07) is 8.04. The quantitative estimate of drug-likeness (QED) is 0.732. The fourth-order valence-corrected chi connectivity index (χ4v) is 4.10. The molecule has 0 radical (unpaired) electrons. The highest BCUT2D eigenvalue weighted by Gasteiger charge is 2.27. The average molecular weight is 373 g/mol. The summed E-state index contributed by atoms with van der Waals surface area (Å²) in [5.41, 5.74) is 1.37. The molecular weight excluding hydrogens is 358 g/mol. The van der Waals surface area contributed by atoms with E-state index in [-0.39, 0.29) is 6.10 Å². The van der Waals surface area contributed by atoms with Crippen molar-refractivity contribution < 1.29 is 4.74 Å². The van der Waals surface area contributed by atoms with Crippen LogP contribution in [0.1, 0.15) is 21.4 Å². The highest BCUT2D eigenvalue weighted by Crippen LogP contribution is 2.39. The van der Waals surface area contributed by atoms with Gasteiger partial charge in [0.05, 0.1) is 9.90 Å². The van der Waals surface area contributed by atoms with Crippen molar-refractivity contribution in [2.24, 2.45) is 0 Å². The van der Waals surface area contributed by atoms with Crippen molar-refractivity contribution in [1.82, 2.24) is 4.90 Å². The second kappa shape index (κ2) is 5.68. The van der Waals surface area contributed by atoms with Crippen molar-refractivity contribution >= 4 is 38.9 Å². The molecule has 3 rings (SSSR count). The van der Waals surface area contributed by atoms with Crippen LogP contribution in [0.3, 0.4) is 0 Å². The van der Waals surface area contributed by atoms with Crippen LogP contribution in [0.2, 0.25) is 5.02 Å². The normalized spacial score (nSPS) is 18.9. The summed E-state index contributed by atoms with van der Waals surface area (Å²) in [5, 5.41) is 0.635. The Hall–Kier alpha value is -0.550. The van der Waals surface area contributed by atoms with E-state index < -0.39 is 0 Å². The van der Waals surface area contributed by atoms with Crippen LogP contribution < -0.4 is 4.74 Å². The Balaban J connectivity index is 1.93. The number of benzene rings is 1. The van der Waals surface area contributed by atoms with Crippen molar-refractivity contribution in [3.8, 4) is 5.75 Å². The summed E-state index contributed by atoms with van der Waals surface area (Å²) in [6.45, 7) is 4.02. The lowest BCUT2D eigenvalue weighted by atomic mass is 10.1. The lowest BCUT2D eigenvalue weighted by Crippen LogP contribution is -2.31. The molecule has 0 saturated heterocycles. The first-order valence-corrected chi connectivity index (χ1v) is 8.42. The second-order valence-corrected chi connectivity index (χ2v) is 7.62. The molecule has 2 aromatic rings. The van der Waals surface area contributed by atoms with Crippen LogP contribution in [0.4, 0.5) is 0 Å². The van der Waals surface area contributed by atoms with Gasteiger partial charge < -0.3 is 4.74 Å². The number of aryl methyl sites for hydroxylation is 1. The van der Waals surface area contributed by atoms with Crippen molar-refractivity contribution in [3.63, 3.8) is 0 Å². The van der Waals surface area contributed by atoms with Crippen molar-refractivity contribution in [1.29, 1.82) is 0 Å². The Labute approximate surface area is 136 Å². The molecule has 0 amide bonds. The lowest BCUT2D eigenvalue weighted by molar-refractivity contribution is 0.132. The molecule has 1 aromatic heterocycles. The number of ether oxygens (including phenoxy) is 1. The van der Waals surface area contributed by atoms with Crippen LogP contribution in [0, 0.1) is 6.92 Å². The number of hydrogen-bond acceptors (Lipinski definition) is 3. The molecule has 20 heavy (non-hydrogen) atoms. The van der Waals surface area contributed by atoms with Gasteiger partial charge >= 0.3 is 0 Å². The van der Waals surface area contributed by atoms with Gasteiger partial charge in [-0.3, -0.25) is 4.90 Å². The Morgan fingerprint density at radius 1 is 1.45 bits per heavy atom. The number of nitrogens with zero attached hydrogens (tertiary/aromatic N) is 1. The van der Waals surface area contributed by atoms with E-state index in [2.05, 4.69) is 40.9 Å². The SMILES string of the molecule is Cc1cc2c(s1)C(Oc1cccc(Br)c1Cl)CN(C)C2. The van der Waals surface area contributed by atoms with Crippen LogP contribution in [0.15, 0.2) is 28.7 Å². The van der Waals surface area contributed by atoms with E-state index >= 15 is 0 Å². The van der Waals surface area contributed by atoms with Gasteiger partial charge in [-0.1, -0.05) is 17.7 Å². The first-order chi connectivity index (χ1) is 9.54. The maximum absolute atomic E-state index is 6.30. The Morgan fingerprint density at radius 2 is 2.25 bits per heavy atom. The van der Waals surface area contributed by atoms with Crippen LogP contribution in [0.25, 0.3) is 0 Å². The van der Waals surface area contributed by atoms with Crippen LogP contribution in [-0.2, 0) is 6.54 Å². The Kier molecular flexibility index (Phi) is 4.09. The zero-order chi connectivity index (χ0) is 14.3. The van der Waals surface area contributed by atoms with Crippen molar-refractivity contribution in [3.05, 3.63) is 49.1 Å². The molecule has 0 fully saturated rings. The van der Waals surface area contributed by atoms with Crippen LogP contribution in [-0.4, -0.2) is 18.5 Å². The van der Waals surface area contributed by atoms with Gasteiger partial charge in [-0.25, -0.2) is 0 Å². The lowest BCUT2D eigenvalue weighted by Gasteiger charge is -2.30. The molecule has 0 aliphatic carbocycles. The molecule has 1 atom stereocenters. The molecule has 5 heteroatoms. The first kappa shape index (κ1) is 14.4. The molecule has 0 spiro atoms. The third kappa shape index (κ3) is 2.75. The standard InChI is InChI=1S/C15H15BrClNOS/c1-9-6-10-7-18(2)8-13(15(10)20-9)19-12-5-3-4-11(16)14(12)17/h3-6,13H,7-8H2,1-2H3. The summed E-state index contributed by atoms with van der Waals surface area (Å²) >= 11 is 11.6. The molecule has 0 N–H and O–H groups in total. The van der Waals surface area contributed by atoms with E-state index in [0.717, 1.165) is 23.3 Å². The number of hydrogen-bond donors (Lipinski definition) is 0. The minimum absolute atomic E-state index is 0.0502. The number of fused-ring (bicyclic) bond motifs is 1. The summed E-state index contributed by atoms with van der Waals surface area (Å²) in [6.07, 6.45) is 0.0502. The van der Waals surface area contributed by atoms with E-state index in [1.807, 2.05) is 29.5 Å². The Morgan fingerprint density at radius 3 is 3.05 bits per heavy atom. The van der Waals surface area contributed by atoms with E-state index in [4.69, 9.17) is 16.3 Å². The number of rotatable bonds is 2. The van der Waals surface area contributed by atoms with Gasteiger partial charge in [0.15, 0.2) is 0 Å². The number of halogens is 2. The molecule has 106 valence electrons. The predicted molar refractivity (Wildman–Crippen MR) is 87.9 cm³/mol. The van der Waals surface area contributed by atoms with Gasteiger partial charge in [0, 0.05) is 22.4 Å². The van der Waals surface area contributed by atoms with Gasteiger partial charge in [0.25, 0.3) is 0 Å². The summed E-state index contributed by atoms with van der Waals surface area (Å²) in [4.78, 5) is 4.95. The highest BCUT2D eigenvalue weighted by molar-refractivity contribution is 9.10. The van der Waals surface area contributed by atoms with Gasteiger partial charge in [-0.05, 0) is 53.7 Å². The monoisotopic (exact) mass is 371 g/mol. The number of likely N-dealkylation sites (N-methyl/N-ethyl adjacent to an activating group) is 1. The van der Waals surface area contributed by atoms with Gasteiger partial charge in [-0.2, -0.15) is 0 Å². The maximum Gasteiger partial charge on any atom is 0.146 e. The zero-order valence-electron chi connectivity index (χ0n) is 11.3. The van der Waals surface area contributed by atoms with E-state index in [1.165, 1.54) is 15.3 Å². The zero-order valence-corrected chi connectivity index (χ0v) is 14.5. The number of thiophene rings is 1. The largest absolute Gasteiger partial charge is 0.482 e. The minimum atomic E-state index is 0.0502. The Bertz CT molecular complexity index is 643. The molecule has 1 aliphatic rings. The van der Waals surface area contributed by atoms with Crippen LogP contribution in [0.5, 0.6) is 5.75 Å². The summed E-state index contributed by atoms with van der Waals surface area (Å²) < 4.78 is 7.05. The molecule has 0 bridgehead atoms. The molecule has 0 saturated carbocycles. The first-order valence-electron chi connectivity index (χ1n) is 6.43. The third-order valence-electron chi connectivity index (χ3n) is 3.36. The fraction of sp³-hybridized carbons (Fsp3) is 0.333. The van der Waals surface area contributed by atoms with Gasteiger partial charge in [0.1, 0.15) is 11.9 Å². The molecule has 1 unspecified atom stereocenters. The summed E-state index contributed by atoms with van der Waals surface area (Å²) in [7, 11) is 2.12. The third-order valence-corrected chi connectivity index (χ3v) is 5.82. The minimum Gasteiger partial charge on any atom is -0.482 e. The maximum atomic E-state index is 6.30. The molecule has 2 nitrogen and oxygen atoms in total. The van der Waals surface area contributed by atoms with E-state index in [9.17, 15) is 0 Å². The van der Waals surface area contributed by atoms with E-state index in [1.54, 1.807) is 0 Å². The smallest absolute Gasteiger partial charge is 0.146 e. The summed E-state index contributed by atoms with van der Waals surface area (Å²) in [5.74, 6) is 0.735. The topological polar surface area (TPSA) is 12.5 Å². The van der Waals surface area contributed by atoms with E-state index in [0.29, 0.717) is 5.02 Å². The second-order valence-electron chi connectivity index (χ2n) is 5.10. The average Bonchev–Trinajstić information content (AvgIpc) is 2.75. The molecule has 1 aliphatic heterocycles. The van der Waals surface area contributed by atoms with Crippen molar-refractivity contribution in [2.75, 3.05) is 13.6 Å². The highest BCUT2D eigenvalue weighted by atomic mass is 79.9. The molecule has 1 aromatic carbocycles. The van der Waals surface area contributed by atoms with Gasteiger partial charge in [-0.15, -0.1) is 11.3 Å². The predicted octanol–water partition coefficient (Wildman–Crippen LogP) is 5.04. The van der Waals surface area contributed by atoms with Gasteiger partial charge in [0.2, 0.25) is 0 Å². The molecular formula is C15H15BrClNOS. The molecule has 2 heterocycles.